The molecular weight excluding hydrogens is 287 g/mol. The van der Waals surface area contributed by atoms with Gasteiger partial charge < -0.3 is 10.6 Å². The van der Waals surface area contributed by atoms with E-state index in [0.717, 1.165) is 17.7 Å². The van der Waals surface area contributed by atoms with Gasteiger partial charge in [0.2, 0.25) is 0 Å². The molecule has 1 unspecified atom stereocenters. The van der Waals surface area contributed by atoms with Crippen molar-refractivity contribution in [3.63, 3.8) is 0 Å². The molecule has 0 aliphatic heterocycles. The van der Waals surface area contributed by atoms with E-state index in [1.165, 1.54) is 6.07 Å². The van der Waals surface area contributed by atoms with Gasteiger partial charge in [-0.15, -0.1) is 0 Å². The highest BCUT2D eigenvalue weighted by Crippen LogP contribution is 2.31. The Morgan fingerprint density at radius 3 is 2.62 bits per heavy atom. The maximum Gasteiger partial charge on any atom is 0.128 e. The van der Waals surface area contributed by atoms with E-state index in [9.17, 15) is 4.39 Å². The van der Waals surface area contributed by atoms with Crippen LogP contribution in [0.4, 0.5) is 10.1 Å². The van der Waals surface area contributed by atoms with Crippen molar-refractivity contribution in [3.8, 4) is 0 Å². The molecule has 2 aromatic rings. The zero-order valence-corrected chi connectivity index (χ0v) is 13.1. The number of anilines is 1. The van der Waals surface area contributed by atoms with Crippen molar-refractivity contribution in [1.82, 2.24) is 0 Å². The van der Waals surface area contributed by atoms with Gasteiger partial charge >= 0.3 is 0 Å². The number of rotatable bonds is 5. The van der Waals surface area contributed by atoms with Crippen molar-refractivity contribution < 1.29 is 4.39 Å². The number of nitrogens with two attached hydrogens (primary N) is 1. The Balaban J connectivity index is 2.35. The van der Waals surface area contributed by atoms with Crippen LogP contribution in [0, 0.1) is 5.82 Å². The molecule has 2 aromatic carbocycles. The summed E-state index contributed by atoms with van der Waals surface area (Å²) in [4.78, 5) is 2.06. The third kappa shape index (κ3) is 3.55. The number of nitrogens with zero attached hydrogens (tertiary/aromatic N) is 1. The van der Waals surface area contributed by atoms with Crippen molar-refractivity contribution in [2.45, 2.75) is 19.4 Å². The number of hydrogen-bond donors (Lipinski definition) is 1. The minimum atomic E-state index is -0.189. The van der Waals surface area contributed by atoms with Crippen molar-refractivity contribution in [2.75, 3.05) is 18.5 Å². The first-order valence-electron chi connectivity index (χ1n) is 7.00. The summed E-state index contributed by atoms with van der Waals surface area (Å²) in [5.41, 5.74) is 8.45. The molecule has 0 aliphatic rings. The zero-order valence-electron chi connectivity index (χ0n) is 12.3. The maximum absolute atomic E-state index is 14.0. The molecule has 0 saturated carbocycles. The van der Waals surface area contributed by atoms with Gasteiger partial charge in [0.05, 0.1) is 6.04 Å². The Hall–Kier alpha value is -1.58. The first-order valence-corrected chi connectivity index (χ1v) is 7.38. The van der Waals surface area contributed by atoms with E-state index < -0.39 is 0 Å². The zero-order chi connectivity index (χ0) is 15.4. The molecule has 0 heterocycles. The average Bonchev–Trinajstić information content (AvgIpc) is 2.47. The molecule has 0 aromatic heterocycles. The Labute approximate surface area is 130 Å². The Bertz CT molecular complexity index is 615. The molecule has 112 valence electrons. The fourth-order valence-electron chi connectivity index (χ4n) is 2.49. The summed E-state index contributed by atoms with van der Waals surface area (Å²) in [5, 5.41) is 0.689. The Morgan fingerprint density at radius 2 is 1.95 bits per heavy atom. The van der Waals surface area contributed by atoms with E-state index in [1.54, 1.807) is 6.07 Å². The fourth-order valence-corrected chi connectivity index (χ4v) is 2.68. The van der Waals surface area contributed by atoms with Crippen LogP contribution in [0.3, 0.4) is 0 Å². The lowest BCUT2D eigenvalue weighted by atomic mass is 10.0. The second kappa shape index (κ2) is 6.92. The van der Waals surface area contributed by atoms with Gasteiger partial charge in [0.1, 0.15) is 5.82 Å². The lowest BCUT2D eigenvalue weighted by molar-refractivity contribution is 0.585. The summed E-state index contributed by atoms with van der Waals surface area (Å²) >= 11 is 6.06. The molecule has 0 radical (unpaired) electrons. The van der Waals surface area contributed by atoms with Crippen LogP contribution in [0.25, 0.3) is 0 Å². The summed E-state index contributed by atoms with van der Waals surface area (Å²) in [6.07, 6.45) is 0.740. The number of hydrogen-bond acceptors (Lipinski definition) is 2. The molecular formula is C17H20ClFN2. The maximum atomic E-state index is 14.0. The van der Waals surface area contributed by atoms with Crippen LogP contribution in [0.2, 0.25) is 5.02 Å². The third-order valence-corrected chi connectivity index (χ3v) is 4.01. The van der Waals surface area contributed by atoms with Gasteiger partial charge in [0.25, 0.3) is 0 Å². The second-order valence-corrected chi connectivity index (χ2v) is 5.56. The molecule has 0 amide bonds. The quantitative estimate of drug-likeness (QED) is 0.898. The van der Waals surface area contributed by atoms with Crippen LogP contribution in [0.1, 0.15) is 24.1 Å². The number of benzene rings is 2. The summed E-state index contributed by atoms with van der Waals surface area (Å²) < 4.78 is 14.0. The third-order valence-electron chi connectivity index (χ3n) is 3.77. The standard InChI is InChI=1S/C17H20ClFN2/c1-12(15-5-3-4-6-16(15)19)21(2)17-8-7-14(18)11-13(17)9-10-20/h3-8,11-12H,9-10,20H2,1-2H3. The summed E-state index contributed by atoms with van der Waals surface area (Å²) in [6, 6.07) is 12.5. The monoisotopic (exact) mass is 306 g/mol. The Kier molecular flexibility index (Phi) is 5.21. The van der Waals surface area contributed by atoms with Gasteiger partial charge in [-0.05, 0) is 49.7 Å². The molecule has 2 N–H and O–H groups in total. The van der Waals surface area contributed by atoms with Crippen LogP contribution in [0.5, 0.6) is 0 Å². The van der Waals surface area contributed by atoms with E-state index in [1.807, 2.05) is 44.3 Å². The molecule has 0 aliphatic carbocycles. The van der Waals surface area contributed by atoms with Crippen LogP contribution >= 0.6 is 11.6 Å². The van der Waals surface area contributed by atoms with E-state index in [4.69, 9.17) is 17.3 Å². The largest absolute Gasteiger partial charge is 0.367 e. The van der Waals surface area contributed by atoms with Gasteiger partial charge in [-0.3, -0.25) is 0 Å². The van der Waals surface area contributed by atoms with Gasteiger partial charge in [-0.1, -0.05) is 29.8 Å². The molecule has 1 atom stereocenters. The predicted molar refractivity (Wildman–Crippen MR) is 87.4 cm³/mol. The smallest absolute Gasteiger partial charge is 0.128 e. The van der Waals surface area contributed by atoms with Gasteiger partial charge in [0, 0.05) is 23.3 Å². The summed E-state index contributed by atoms with van der Waals surface area (Å²) in [5.74, 6) is -0.189. The molecule has 0 bridgehead atoms. The van der Waals surface area contributed by atoms with E-state index >= 15 is 0 Å². The highest BCUT2D eigenvalue weighted by molar-refractivity contribution is 6.30. The highest BCUT2D eigenvalue weighted by Gasteiger charge is 2.18. The molecule has 0 fully saturated rings. The van der Waals surface area contributed by atoms with Crippen molar-refractivity contribution >= 4 is 17.3 Å². The van der Waals surface area contributed by atoms with E-state index in [2.05, 4.69) is 4.90 Å². The second-order valence-electron chi connectivity index (χ2n) is 5.12. The first-order chi connectivity index (χ1) is 10.0. The minimum absolute atomic E-state index is 0.0797. The lowest BCUT2D eigenvalue weighted by Gasteiger charge is -2.29. The SMILES string of the molecule is CC(c1ccccc1F)N(C)c1ccc(Cl)cc1CCN. The average molecular weight is 307 g/mol. The van der Waals surface area contributed by atoms with Crippen LogP contribution in [-0.2, 0) is 6.42 Å². The predicted octanol–water partition coefficient (Wildman–Crippen LogP) is 4.18. The van der Waals surface area contributed by atoms with Gasteiger partial charge in [-0.25, -0.2) is 4.39 Å². The molecule has 0 spiro atoms. The molecule has 4 heteroatoms. The fraction of sp³-hybridized carbons (Fsp3) is 0.294. The van der Waals surface area contributed by atoms with Crippen molar-refractivity contribution in [2.24, 2.45) is 5.73 Å². The topological polar surface area (TPSA) is 29.3 Å². The van der Waals surface area contributed by atoms with Crippen molar-refractivity contribution in [1.29, 1.82) is 0 Å². The minimum Gasteiger partial charge on any atom is -0.367 e. The van der Waals surface area contributed by atoms with Crippen molar-refractivity contribution in [3.05, 3.63) is 64.4 Å². The molecule has 2 rings (SSSR count). The normalized spacial score (nSPS) is 12.2. The highest BCUT2D eigenvalue weighted by atomic mass is 35.5. The van der Waals surface area contributed by atoms with Crippen LogP contribution in [0.15, 0.2) is 42.5 Å². The Morgan fingerprint density at radius 1 is 1.24 bits per heavy atom. The molecule has 2 nitrogen and oxygen atoms in total. The molecule has 0 saturated heterocycles. The van der Waals surface area contributed by atoms with Crippen LogP contribution < -0.4 is 10.6 Å². The lowest BCUT2D eigenvalue weighted by Crippen LogP contribution is -2.24. The van der Waals surface area contributed by atoms with Gasteiger partial charge in [0.15, 0.2) is 0 Å². The van der Waals surface area contributed by atoms with E-state index in [0.29, 0.717) is 17.1 Å². The van der Waals surface area contributed by atoms with Gasteiger partial charge in [-0.2, -0.15) is 0 Å². The van der Waals surface area contributed by atoms with E-state index in [-0.39, 0.29) is 11.9 Å². The molecule has 21 heavy (non-hydrogen) atoms. The summed E-state index contributed by atoms with van der Waals surface area (Å²) in [6.45, 7) is 2.54. The van der Waals surface area contributed by atoms with Crippen LogP contribution in [-0.4, -0.2) is 13.6 Å². The number of halogens is 2. The summed E-state index contributed by atoms with van der Waals surface area (Å²) in [7, 11) is 1.96. The first kappa shape index (κ1) is 15.8.